The van der Waals surface area contributed by atoms with Gasteiger partial charge in [0, 0.05) is 25.9 Å². The highest BCUT2D eigenvalue weighted by molar-refractivity contribution is 5.88. The number of nitriles is 1. The molecule has 2 aromatic carbocycles. The molecule has 2 aliphatic rings. The summed E-state index contributed by atoms with van der Waals surface area (Å²) in [4.78, 5) is 2.19. The Balaban J connectivity index is 1.68. The topological polar surface area (TPSA) is 54.7 Å². The quantitative estimate of drug-likeness (QED) is 0.599. The summed E-state index contributed by atoms with van der Waals surface area (Å²) < 4.78 is 18.3. The van der Waals surface area contributed by atoms with E-state index in [9.17, 15) is 5.26 Å². The maximum atomic E-state index is 9.19. The second-order valence-electron chi connectivity index (χ2n) is 9.34. The first kappa shape index (κ1) is 21.8. The summed E-state index contributed by atoms with van der Waals surface area (Å²) in [6.07, 6.45) is 3.87. The van der Waals surface area contributed by atoms with E-state index in [1.165, 1.54) is 0 Å². The fourth-order valence-electron chi connectivity index (χ4n) is 4.37. The molecule has 0 bridgehead atoms. The average molecular weight is 431 g/mol. The summed E-state index contributed by atoms with van der Waals surface area (Å²) >= 11 is 0. The van der Waals surface area contributed by atoms with E-state index in [0.717, 1.165) is 54.1 Å². The maximum Gasteiger partial charge on any atom is 0.182 e. The Morgan fingerprint density at radius 2 is 1.81 bits per heavy atom. The van der Waals surface area contributed by atoms with Crippen LogP contribution in [0.25, 0.3) is 5.57 Å². The largest absolute Gasteiger partial charge is 0.496 e. The van der Waals surface area contributed by atoms with E-state index in [2.05, 4.69) is 23.6 Å². The molecular weight excluding hydrogens is 400 g/mol. The zero-order valence-corrected chi connectivity index (χ0v) is 19.3. The van der Waals surface area contributed by atoms with Gasteiger partial charge in [0.15, 0.2) is 5.88 Å². The molecule has 5 heteroatoms. The monoisotopic (exact) mass is 430 g/mol. The van der Waals surface area contributed by atoms with Gasteiger partial charge in [-0.3, -0.25) is 0 Å². The van der Waals surface area contributed by atoms with Gasteiger partial charge in [0.25, 0.3) is 0 Å². The molecule has 0 N–H and O–H groups in total. The first-order valence-electron chi connectivity index (χ1n) is 11.0. The van der Waals surface area contributed by atoms with E-state index in [1.807, 2.05) is 63.2 Å². The molecule has 1 spiro atoms. The molecule has 0 aromatic heterocycles. The van der Waals surface area contributed by atoms with Crippen LogP contribution in [0.5, 0.6) is 11.5 Å². The fraction of sp³-hybridized carbons (Fsp3) is 0.370. The van der Waals surface area contributed by atoms with Crippen LogP contribution in [0.4, 0.5) is 0 Å². The molecule has 2 aromatic rings. The molecule has 0 saturated carbocycles. The van der Waals surface area contributed by atoms with Crippen LogP contribution in [-0.2, 0) is 4.74 Å². The van der Waals surface area contributed by atoms with Crippen LogP contribution in [0, 0.1) is 11.3 Å². The molecule has 1 saturated heterocycles. The van der Waals surface area contributed by atoms with Crippen LogP contribution in [0.1, 0.15) is 50.3 Å². The highest BCUT2D eigenvalue weighted by atomic mass is 16.5. The van der Waals surface area contributed by atoms with Crippen molar-refractivity contribution in [1.82, 2.24) is 4.90 Å². The van der Waals surface area contributed by atoms with Crippen molar-refractivity contribution in [3.8, 4) is 17.6 Å². The Hall–Kier alpha value is -3.39. The molecule has 1 fully saturated rings. The second-order valence-corrected chi connectivity index (χ2v) is 9.34. The Kier molecular flexibility index (Phi) is 5.64. The highest BCUT2D eigenvalue weighted by Gasteiger charge is 2.40. The molecule has 2 heterocycles. The molecule has 5 nitrogen and oxygen atoms in total. The normalized spacial score (nSPS) is 17.0. The summed E-state index contributed by atoms with van der Waals surface area (Å²) in [5.41, 5.74) is 3.02. The molecule has 0 radical (unpaired) electrons. The summed E-state index contributed by atoms with van der Waals surface area (Å²) in [5, 5.41) is 9.19. The van der Waals surface area contributed by atoms with Gasteiger partial charge in [0.1, 0.15) is 22.7 Å². The van der Waals surface area contributed by atoms with Gasteiger partial charge >= 0.3 is 0 Å². The molecule has 4 rings (SSSR count). The maximum absolute atomic E-state index is 9.19. The van der Waals surface area contributed by atoms with Gasteiger partial charge in [-0.05, 0) is 68.8 Å². The number of methoxy groups -OCH3 is 1. The molecule has 0 atom stereocenters. The lowest BCUT2D eigenvalue weighted by Crippen LogP contribution is -2.48. The number of hydrogen-bond donors (Lipinski definition) is 0. The zero-order chi connectivity index (χ0) is 22.9. The van der Waals surface area contributed by atoms with Crippen molar-refractivity contribution in [2.75, 3.05) is 20.2 Å². The SMILES string of the molecule is C=C(OC(C)(C)C)N1CCC2(C=C(c3ccc(C#N)cc3)c3c(OC)cccc3O2)CC1. The lowest BCUT2D eigenvalue weighted by molar-refractivity contribution is -0.0241. The van der Waals surface area contributed by atoms with Crippen molar-refractivity contribution in [3.05, 3.63) is 77.7 Å². The van der Waals surface area contributed by atoms with E-state index < -0.39 is 5.60 Å². The standard InChI is InChI=1S/C27H30N2O3/c1-19(31-26(2,3)4)29-15-13-27(14-16-29)17-22(21-11-9-20(18-28)10-12-21)25-23(30-5)7-6-8-24(25)32-27/h6-12,17H,1,13-16H2,2-5H3. The molecular formula is C27H30N2O3. The zero-order valence-electron chi connectivity index (χ0n) is 19.3. The Morgan fingerprint density at radius 3 is 2.41 bits per heavy atom. The summed E-state index contributed by atoms with van der Waals surface area (Å²) in [5.74, 6) is 2.31. The minimum absolute atomic E-state index is 0.272. The first-order chi connectivity index (χ1) is 15.2. The number of nitrogens with zero attached hydrogens (tertiary/aromatic N) is 2. The lowest BCUT2D eigenvalue weighted by atomic mass is 9.82. The molecule has 32 heavy (non-hydrogen) atoms. The number of likely N-dealkylation sites (tertiary alicyclic amines) is 1. The number of rotatable bonds is 4. The molecule has 0 unspecified atom stereocenters. The van der Waals surface area contributed by atoms with Crippen molar-refractivity contribution in [2.24, 2.45) is 0 Å². The van der Waals surface area contributed by atoms with Crippen molar-refractivity contribution in [1.29, 1.82) is 5.26 Å². The lowest BCUT2D eigenvalue weighted by Gasteiger charge is -2.44. The van der Waals surface area contributed by atoms with Crippen LogP contribution in [-0.4, -0.2) is 36.3 Å². The van der Waals surface area contributed by atoms with Gasteiger partial charge in [-0.2, -0.15) is 5.26 Å². The van der Waals surface area contributed by atoms with Gasteiger partial charge in [-0.15, -0.1) is 0 Å². The smallest absolute Gasteiger partial charge is 0.182 e. The number of fused-ring (bicyclic) bond motifs is 1. The van der Waals surface area contributed by atoms with Crippen LogP contribution in [0.3, 0.4) is 0 Å². The van der Waals surface area contributed by atoms with Crippen LogP contribution in [0.2, 0.25) is 0 Å². The summed E-state index contributed by atoms with van der Waals surface area (Å²) in [7, 11) is 1.68. The van der Waals surface area contributed by atoms with Gasteiger partial charge in [-0.1, -0.05) is 18.2 Å². The van der Waals surface area contributed by atoms with Crippen molar-refractivity contribution < 1.29 is 14.2 Å². The van der Waals surface area contributed by atoms with Crippen LogP contribution < -0.4 is 9.47 Å². The number of piperidine rings is 1. The van der Waals surface area contributed by atoms with E-state index in [-0.39, 0.29) is 5.60 Å². The fourth-order valence-corrected chi connectivity index (χ4v) is 4.37. The summed E-state index contributed by atoms with van der Waals surface area (Å²) in [6, 6.07) is 15.8. The van der Waals surface area contributed by atoms with Crippen LogP contribution >= 0.6 is 0 Å². The molecule has 0 amide bonds. The highest BCUT2D eigenvalue weighted by Crippen LogP contribution is 2.47. The average Bonchev–Trinajstić information content (AvgIpc) is 2.77. The van der Waals surface area contributed by atoms with E-state index in [4.69, 9.17) is 14.2 Å². The third-order valence-electron chi connectivity index (χ3n) is 5.91. The van der Waals surface area contributed by atoms with Crippen molar-refractivity contribution >= 4 is 5.57 Å². The van der Waals surface area contributed by atoms with Gasteiger partial charge < -0.3 is 19.1 Å². The first-order valence-corrected chi connectivity index (χ1v) is 11.0. The molecule has 166 valence electrons. The Labute approximate surface area is 190 Å². The predicted molar refractivity (Wildman–Crippen MR) is 125 cm³/mol. The predicted octanol–water partition coefficient (Wildman–Crippen LogP) is 5.51. The molecule has 2 aliphatic heterocycles. The molecule has 0 aliphatic carbocycles. The number of hydrogen-bond acceptors (Lipinski definition) is 5. The van der Waals surface area contributed by atoms with Crippen molar-refractivity contribution in [3.63, 3.8) is 0 Å². The number of ether oxygens (including phenoxy) is 3. The summed E-state index contributed by atoms with van der Waals surface area (Å²) in [6.45, 7) is 11.8. The Morgan fingerprint density at radius 1 is 1.12 bits per heavy atom. The van der Waals surface area contributed by atoms with Crippen LogP contribution in [0.15, 0.2) is 61.0 Å². The Bertz CT molecular complexity index is 1080. The van der Waals surface area contributed by atoms with Gasteiger partial charge in [0.2, 0.25) is 0 Å². The minimum Gasteiger partial charge on any atom is -0.496 e. The third kappa shape index (κ3) is 4.31. The third-order valence-corrected chi connectivity index (χ3v) is 5.91. The number of benzene rings is 2. The van der Waals surface area contributed by atoms with Crippen molar-refractivity contribution in [2.45, 2.75) is 44.8 Å². The second kappa shape index (κ2) is 8.27. The van der Waals surface area contributed by atoms with E-state index in [1.54, 1.807) is 7.11 Å². The van der Waals surface area contributed by atoms with Gasteiger partial charge in [-0.25, -0.2) is 0 Å². The minimum atomic E-state index is -0.416. The van der Waals surface area contributed by atoms with Gasteiger partial charge in [0.05, 0.1) is 24.3 Å². The van der Waals surface area contributed by atoms with E-state index >= 15 is 0 Å². The van der Waals surface area contributed by atoms with E-state index in [0.29, 0.717) is 11.4 Å².